The van der Waals surface area contributed by atoms with Crippen LogP contribution in [0.2, 0.25) is 5.02 Å². The summed E-state index contributed by atoms with van der Waals surface area (Å²) in [7, 11) is 0. The van der Waals surface area contributed by atoms with Crippen LogP contribution in [0.4, 0.5) is 0 Å². The van der Waals surface area contributed by atoms with Gasteiger partial charge >= 0.3 is 0 Å². The molecule has 0 aliphatic heterocycles. The molecule has 0 aliphatic rings. The van der Waals surface area contributed by atoms with Crippen molar-refractivity contribution in [3.63, 3.8) is 0 Å². The summed E-state index contributed by atoms with van der Waals surface area (Å²) in [4.78, 5) is 0. The minimum absolute atomic E-state index is 0.00814. The van der Waals surface area contributed by atoms with Gasteiger partial charge in [-0.15, -0.1) is 0 Å². The van der Waals surface area contributed by atoms with E-state index < -0.39 is 0 Å². The second-order valence-corrected chi connectivity index (χ2v) is 3.33. The first-order valence-corrected chi connectivity index (χ1v) is 4.78. The van der Waals surface area contributed by atoms with Gasteiger partial charge < -0.3 is 14.9 Å². The first-order chi connectivity index (χ1) is 6.76. The number of hydrogen-bond acceptors (Lipinski definition) is 3. The fraction of sp³-hybridized carbons (Fsp3) is 0.400. The van der Waals surface area contributed by atoms with Crippen molar-refractivity contribution in [2.75, 3.05) is 13.2 Å². The molecule has 2 N–H and O–H groups in total. The molecule has 0 aromatic heterocycles. The van der Waals surface area contributed by atoms with E-state index in [-0.39, 0.29) is 19.3 Å². The topological polar surface area (TPSA) is 49.7 Å². The lowest BCUT2D eigenvalue weighted by atomic mass is 10.2. The van der Waals surface area contributed by atoms with E-state index >= 15 is 0 Å². The van der Waals surface area contributed by atoms with Crippen molar-refractivity contribution >= 4 is 11.6 Å². The molecule has 14 heavy (non-hydrogen) atoms. The third-order valence-corrected chi connectivity index (χ3v) is 1.99. The summed E-state index contributed by atoms with van der Waals surface area (Å²) < 4.78 is 5.39. The zero-order valence-electron chi connectivity index (χ0n) is 7.69. The van der Waals surface area contributed by atoms with Crippen LogP contribution in [0.5, 0.6) is 5.75 Å². The van der Waals surface area contributed by atoms with Gasteiger partial charge in [0.1, 0.15) is 11.9 Å². The fourth-order valence-corrected chi connectivity index (χ4v) is 1.24. The quantitative estimate of drug-likeness (QED) is 0.784. The second kappa shape index (κ2) is 5.86. The molecule has 1 aromatic rings. The van der Waals surface area contributed by atoms with E-state index in [1.54, 1.807) is 24.3 Å². The largest absolute Gasteiger partial charge is 0.488 e. The summed E-state index contributed by atoms with van der Waals surface area (Å²) in [5.41, 5.74) is 0. The number of ether oxygens (including phenoxy) is 1. The van der Waals surface area contributed by atoms with Gasteiger partial charge in [0.15, 0.2) is 0 Å². The number of aliphatic hydroxyl groups is 2. The van der Waals surface area contributed by atoms with Crippen LogP contribution < -0.4 is 4.74 Å². The lowest BCUT2D eigenvalue weighted by molar-refractivity contribution is 0.0906. The van der Waals surface area contributed by atoms with Gasteiger partial charge in [-0.05, 0) is 18.2 Å². The highest BCUT2D eigenvalue weighted by Crippen LogP contribution is 2.18. The number of rotatable bonds is 5. The number of benzene rings is 1. The van der Waals surface area contributed by atoms with Gasteiger partial charge in [0.25, 0.3) is 0 Å². The number of aliphatic hydroxyl groups excluding tert-OH is 2. The Balaban J connectivity index is 2.57. The van der Waals surface area contributed by atoms with Gasteiger partial charge in [0.2, 0.25) is 0 Å². The Morgan fingerprint density at radius 2 is 2.14 bits per heavy atom. The van der Waals surface area contributed by atoms with Crippen LogP contribution >= 0.6 is 11.6 Å². The van der Waals surface area contributed by atoms with Crippen molar-refractivity contribution in [3.05, 3.63) is 29.3 Å². The van der Waals surface area contributed by atoms with Crippen molar-refractivity contribution in [3.8, 4) is 5.75 Å². The molecule has 1 atom stereocenters. The Kier molecular flexibility index (Phi) is 4.73. The summed E-state index contributed by atoms with van der Waals surface area (Å²) in [6.45, 7) is -0.126. The predicted octanol–water partition coefficient (Wildman–Crippen LogP) is 1.46. The first-order valence-electron chi connectivity index (χ1n) is 4.40. The Morgan fingerprint density at radius 1 is 1.36 bits per heavy atom. The van der Waals surface area contributed by atoms with Gasteiger partial charge in [-0.1, -0.05) is 17.7 Å². The van der Waals surface area contributed by atoms with E-state index in [2.05, 4.69) is 0 Å². The van der Waals surface area contributed by atoms with E-state index in [9.17, 15) is 0 Å². The van der Waals surface area contributed by atoms with E-state index in [4.69, 9.17) is 26.6 Å². The molecule has 0 unspecified atom stereocenters. The maximum atomic E-state index is 8.92. The average Bonchev–Trinajstić information content (AvgIpc) is 2.17. The predicted molar refractivity (Wildman–Crippen MR) is 54.7 cm³/mol. The Bertz CT molecular complexity index is 278. The summed E-state index contributed by atoms with van der Waals surface area (Å²) in [5, 5.41) is 18.2. The minimum Gasteiger partial charge on any atom is -0.488 e. The average molecular weight is 217 g/mol. The molecule has 0 aliphatic carbocycles. The van der Waals surface area contributed by atoms with Gasteiger partial charge in [-0.3, -0.25) is 0 Å². The van der Waals surface area contributed by atoms with Crippen molar-refractivity contribution in [2.45, 2.75) is 12.5 Å². The monoisotopic (exact) mass is 216 g/mol. The molecule has 0 radical (unpaired) electrons. The zero-order chi connectivity index (χ0) is 10.4. The van der Waals surface area contributed by atoms with Crippen molar-refractivity contribution in [2.24, 2.45) is 0 Å². The normalized spacial score (nSPS) is 12.5. The minimum atomic E-state index is -0.376. The first kappa shape index (κ1) is 11.3. The molecule has 0 heterocycles. The summed E-state index contributed by atoms with van der Waals surface area (Å²) in [5.74, 6) is 0.602. The second-order valence-electron chi connectivity index (χ2n) is 2.89. The van der Waals surface area contributed by atoms with Crippen molar-refractivity contribution < 1.29 is 14.9 Å². The lowest BCUT2D eigenvalue weighted by Crippen LogP contribution is -2.22. The molecule has 0 saturated carbocycles. The maximum Gasteiger partial charge on any atom is 0.124 e. The Hall–Kier alpha value is -0.770. The SMILES string of the molecule is OCC[C@H](CO)Oc1cccc(Cl)c1. The Labute approximate surface area is 87.9 Å². The summed E-state index contributed by atoms with van der Waals surface area (Å²) >= 11 is 5.76. The van der Waals surface area contributed by atoms with Gasteiger partial charge in [0, 0.05) is 18.1 Å². The maximum absolute atomic E-state index is 8.92. The molecule has 0 saturated heterocycles. The van der Waals surface area contributed by atoms with Gasteiger partial charge in [-0.25, -0.2) is 0 Å². The molecule has 78 valence electrons. The summed E-state index contributed by atoms with van der Waals surface area (Å²) in [6, 6.07) is 6.94. The molecule has 0 fully saturated rings. The molecule has 4 heteroatoms. The molecule has 0 spiro atoms. The van der Waals surface area contributed by atoms with Crippen LogP contribution in [0.3, 0.4) is 0 Å². The molecule has 0 amide bonds. The van der Waals surface area contributed by atoms with E-state index in [1.807, 2.05) is 0 Å². The molecular weight excluding hydrogens is 204 g/mol. The molecule has 0 bridgehead atoms. The Morgan fingerprint density at radius 3 is 2.71 bits per heavy atom. The highest BCUT2D eigenvalue weighted by atomic mass is 35.5. The van der Waals surface area contributed by atoms with Gasteiger partial charge in [0.05, 0.1) is 6.61 Å². The van der Waals surface area contributed by atoms with Crippen LogP contribution in [0.15, 0.2) is 24.3 Å². The third-order valence-electron chi connectivity index (χ3n) is 1.75. The molecule has 3 nitrogen and oxygen atoms in total. The third kappa shape index (κ3) is 3.54. The lowest BCUT2D eigenvalue weighted by Gasteiger charge is -2.15. The van der Waals surface area contributed by atoms with E-state index in [0.29, 0.717) is 17.2 Å². The molecule has 1 rings (SSSR count). The zero-order valence-corrected chi connectivity index (χ0v) is 8.44. The van der Waals surface area contributed by atoms with Crippen LogP contribution in [0.1, 0.15) is 6.42 Å². The van der Waals surface area contributed by atoms with Crippen LogP contribution in [-0.2, 0) is 0 Å². The van der Waals surface area contributed by atoms with Crippen molar-refractivity contribution in [1.29, 1.82) is 0 Å². The number of halogens is 1. The molecular formula is C10H13ClO3. The summed E-state index contributed by atoms with van der Waals surface area (Å²) in [6.07, 6.45) is 0.0293. The number of hydrogen-bond donors (Lipinski definition) is 2. The standard InChI is InChI=1S/C10H13ClO3/c11-8-2-1-3-9(6-8)14-10(7-13)4-5-12/h1-3,6,10,12-13H,4-5,7H2/t10-/m1/s1. The van der Waals surface area contributed by atoms with Crippen molar-refractivity contribution in [1.82, 2.24) is 0 Å². The molecule has 1 aromatic carbocycles. The smallest absolute Gasteiger partial charge is 0.124 e. The van der Waals surface area contributed by atoms with Crippen LogP contribution in [-0.4, -0.2) is 29.5 Å². The fourth-order valence-electron chi connectivity index (χ4n) is 1.06. The highest BCUT2D eigenvalue weighted by molar-refractivity contribution is 6.30. The van der Waals surface area contributed by atoms with E-state index in [1.165, 1.54) is 0 Å². The van der Waals surface area contributed by atoms with Gasteiger partial charge in [-0.2, -0.15) is 0 Å². The van der Waals surface area contributed by atoms with Crippen LogP contribution in [0.25, 0.3) is 0 Å². The highest BCUT2D eigenvalue weighted by Gasteiger charge is 2.08. The van der Waals surface area contributed by atoms with Crippen LogP contribution in [0, 0.1) is 0 Å². The van der Waals surface area contributed by atoms with E-state index in [0.717, 1.165) is 0 Å².